The van der Waals surface area contributed by atoms with Gasteiger partial charge in [-0.15, -0.1) is 4.80 Å². The number of aromatic nitrogens is 7. The molecule has 0 aliphatic carbocycles. The molecule has 0 unspecified atom stereocenters. The van der Waals surface area contributed by atoms with Gasteiger partial charge in [-0.2, -0.15) is 20.6 Å². The van der Waals surface area contributed by atoms with E-state index in [2.05, 4.69) is 35.9 Å². The van der Waals surface area contributed by atoms with Gasteiger partial charge in [0, 0.05) is 13.2 Å². The molecule has 0 spiro atoms. The summed E-state index contributed by atoms with van der Waals surface area (Å²) in [4.78, 5) is 22.3. The topological polar surface area (TPSA) is 148 Å². The molecule has 2 amide bonds. The first-order chi connectivity index (χ1) is 15.0. The summed E-state index contributed by atoms with van der Waals surface area (Å²) in [7, 11) is 1.54. The lowest BCUT2D eigenvalue weighted by Gasteiger charge is -2.17. The molecule has 0 fully saturated rings. The molecule has 0 aliphatic rings. The Morgan fingerprint density at radius 1 is 1.23 bits per heavy atom. The molecule has 0 saturated heterocycles. The first kappa shape index (κ1) is 20.2. The zero-order valence-electron chi connectivity index (χ0n) is 16.3. The smallest absolute Gasteiger partial charge is 0.323 e. The minimum absolute atomic E-state index is 0.192. The first-order valence-electron chi connectivity index (χ1n) is 8.92. The lowest BCUT2D eigenvalue weighted by Crippen LogP contribution is -2.22. The second-order valence-electron chi connectivity index (χ2n) is 6.28. The molecular formula is C18H15ClN10O2. The van der Waals surface area contributed by atoms with Crippen LogP contribution in [0.3, 0.4) is 0 Å². The van der Waals surface area contributed by atoms with Gasteiger partial charge < -0.3 is 15.4 Å². The molecule has 4 aromatic heterocycles. The van der Waals surface area contributed by atoms with Crippen LogP contribution >= 0.6 is 11.6 Å². The van der Waals surface area contributed by atoms with Crippen molar-refractivity contribution in [2.24, 2.45) is 0 Å². The number of urea groups is 1. The van der Waals surface area contributed by atoms with Crippen molar-refractivity contribution in [3.63, 3.8) is 0 Å². The summed E-state index contributed by atoms with van der Waals surface area (Å²) in [5, 5.41) is 27.1. The van der Waals surface area contributed by atoms with Crippen molar-refractivity contribution >= 4 is 34.7 Å². The van der Waals surface area contributed by atoms with Crippen molar-refractivity contribution in [3.05, 3.63) is 53.3 Å². The monoisotopic (exact) mass is 438 g/mol. The van der Waals surface area contributed by atoms with Crippen molar-refractivity contribution in [3.8, 4) is 11.9 Å². The van der Waals surface area contributed by atoms with Gasteiger partial charge in [0.1, 0.15) is 11.6 Å². The average Bonchev–Trinajstić information content (AvgIpc) is 3.42. The van der Waals surface area contributed by atoms with Crippen LogP contribution in [0.1, 0.15) is 24.3 Å². The van der Waals surface area contributed by atoms with Gasteiger partial charge in [-0.3, -0.25) is 0 Å². The fourth-order valence-electron chi connectivity index (χ4n) is 2.90. The Morgan fingerprint density at radius 2 is 2.00 bits per heavy atom. The number of halogens is 1. The SMILES string of the molecule is CO[C@@H](C)c1c(NC(=O)Nc2cnc(-n3nccn3)c(C#N)c2)cnc2cc(Cl)nn12. The third-order valence-corrected chi connectivity index (χ3v) is 4.52. The van der Waals surface area contributed by atoms with Gasteiger partial charge in [0.15, 0.2) is 16.6 Å². The number of nitrogens with zero attached hydrogens (tertiary/aromatic N) is 8. The second kappa shape index (κ2) is 8.34. The van der Waals surface area contributed by atoms with E-state index >= 15 is 0 Å². The van der Waals surface area contributed by atoms with Gasteiger partial charge in [0.25, 0.3) is 0 Å². The Hall–Kier alpha value is -4.08. The van der Waals surface area contributed by atoms with Crippen LogP contribution < -0.4 is 10.6 Å². The molecule has 0 aromatic carbocycles. The molecule has 4 heterocycles. The van der Waals surface area contributed by atoms with Crippen LogP contribution in [-0.2, 0) is 4.74 Å². The number of pyridine rings is 1. The van der Waals surface area contributed by atoms with Crippen molar-refractivity contribution in [2.45, 2.75) is 13.0 Å². The minimum Gasteiger partial charge on any atom is -0.375 e. The number of ether oxygens (including phenoxy) is 1. The number of nitriles is 1. The predicted molar refractivity (Wildman–Crippen MR) is 110 cm³/mol. The minimum atomic E-state index is -0.570. The number of nitrogens with one attached hydrogen (secondary N) is 2. The summed E-state index contributed by atoms with van der Waals surface area (Å²) >= 11 is 5.99. The molecule has 31 heavy (non-hydrogen) atoms. The van der Waals surface area contributed by atoms with Gasteiger partial charge in [0.05, 0.1) is 48.0 Å². The lowest BCUT2D eigenvalue weighted by atomic mass is 10.2. The molecule has 4 aromatic rings. The van der Waals surface area contributed by atoms with E-state index in [0.29, 0.717) is 22.7 Å². The standard InChI is InChI=1S/C18H15ClN10O2/c1-10(31-2)16-13(9-21-15-6-14(19)27-28(15)16)26-18(30)25-12-5-11(7-20)17(22-8-12)29-23-3-4-24-29/h3-6,8-10H,1-2H3,(H2,25,26,30)/t10-/m0/s1. The number of hydrogen-bond donors (Lipinski definition) is 2. The number of fused-ring (bicyclic) bond motifs is 1. The lowest BCUT2D eigenvalue weighted by molar-refractivity contribution is 0.114. The molecule has 12 nitrogen and oxygen atoms in total. The normalized spacial score (nSPS) is 11.8. The van der Waals surface area contributed by atoms with E-state index in [1.165, 1.54) is 47.3 Å². The number of anilines is 2. The fraction of sp³-hybridized carbons (Fsp3) is 0.167. The van der Waals surface area contributed by atoms with Crippen molar-refractivity contribution in [1.29, 1.82) is 5.26 Å². The Labute approximate surface area is 180 Å². The van der Waals surface area contributed by atoms with Crippen molar-refractivity contribution in [1.82, 2.24) is 34.6 Å². The molecule has 2 N–H and O–H groups in total. The van der Waals surface area contributed by atoms with Gasteiger partial charge >= 0.3 is 6.03 Å². The van der Waals surface area contributed by atoms with E-state index in [1.54, 1.807) is 13.0 Å². The molecule has 0 bridgehead atoms. The molecule has 4 rings (SSSR count). The van der Waals surface area contributed by atoms with E-state index in [-0.39, 0.29) is 16.5 Å². The Kier molecular flexibility index (Phi) is 5.44. The highest BCUT2D eigenvalue weighted by Crippen LogP contribution is 2.26. The number of methoxy groups -OCH3 is 1. The highest BCUT2D eigenvalue weighted by molar-refractivity contribution is 6.29. The van der Waals surface area contributed by atoms with E-state index in [1.807, 2.05) is 6.07 Å². The third-order valence-electron chi connectivity index (χ3n) is 4.33. The van der Waals surface area contributed by atoms with E-state index in [0.717, 1.165) is 0 Å². The Morgan fingerprint density at radius 3 is 2.71 bits per heavy atom. The first-order valence-corrected chi connectivity index (χ1v) is 9.29. The summed E-state index contributed by atoms with van der Waals surface area (Å²) in [5.41, 5.74) is 1.95. The molecule has 0 saturated carbocycles. The molecule has 1 atom stereocenters. The molecule has 0 radical (unpaired) electrons. The van der Waals surface area contributed by atoms with E-state index in [9.17, 15) is 10.1 Å². The zero-order chi connectivity index (χ0) is 22.0. The highest BCUT2D eigenvalue weighted by Gasteiger charge is 2.19. The maximum Gasteiger partial charge on any atom is 0.323 e. The summed E-state index contributed by atoms with van der Waals surface area (Å²) in [6.45, 7) is 1.80. The molecular weight excluding hydrogens is 424 g/mol. The Bertz CT molecular complexity index is 1290. The van der Waals surface area contributed by atoms with Gasteiger partial charge in [-0.05, 0) is 13.0 Å². The molecule has 0 aliphatic heterocycles. The van der Waals surface area contributed by atoms with E-state index < -0.39 is 12.1 Å². The van der Waals surface area contributed by atoms with Gasteiger partial charge in [0.2, 0.25) is 0 Å². The predicted octanol–water partition coefficient (Wildman–Crippen LogP) is 2.58. The maximum absolute atomic E-state index is 12.6. The average molecular weight is 439 g/mol. The van der Waals surface area contributed by atoms with Crippen LogP contribution in [0.4, 0.5) is 16.2 Å². The summed E-state index contributed by atoms with van der Waals surface area (Å²) < 4.78 is 6.92. The van der Waals surface area contributed by atoms with Crippen LogP contribution in [-0.4, -0.2) is 47.7 Å². The quantitative estimate of drug-likeness (QED) is 0.483. The van der Waals surface area contributed by atoms with Crippen molar-refractivity contribution in [2.75, 3.05) is 17.7 Å². The number of rotatable bonds is 5. The largest absolute Gasteiger partial charge is 0.375 e. The number of amides is 2. The van der Waals surface area contributed by atoms with Gasteiger partial charge in [-0.1, -0.05) is 11.6 Å². The summed E-state index contributed by atoms with van der Waals surface area (Å²) in [5.74, 6) is 0.250. The number of hydrogen-bond acceptors (Lipinski definition) is 8. The fourth-order valence-corrected chi connectivity index (χ4v) is 3.07. The van der Waals surface area contributed by atoms with Crippen LogP contribution in [0.5, 0.6) is 0 Å². The van der Waals surface area contributed by atoms with E-state index in [4.69, 9.17) is 16.3 Å². The van der Waals surface area contributed by atoms with Crippen LogP contribution in [0.2, 0.25) is 5.15 Å². The second-order valence-corrected chi connectivity index (χ2v) is 6.66. The summed E-state index contributed by atoms with van der Waals surface area (Å²) in [6, 6.07) is 4.52. The van der Waals surface area contributed by atoms with Gasteiger partial charge in [-0.25, -0.2) is 19.3 Å². The number of carbonyl (C=O) groups is 1. The highest BCUT2D eigenvalue weighted by atomic mass is 35.5. The zero-order valence-corrected chi connectivity index (χ0v) is 17.1. The van der Waals surface area contributed by atoms with Crippen LogP contribution in [0.15, 0.2) is 36.9 Å². The molecule has 156 valence electrons. The van der Waals surface area contributed by atoms with Crippen molar-refractivity contribution < 1.29 is 9.53 Å². The maximum atomic E-state index is 12.6. The number of carbonyl (C=O) groups excluding carboxylic acids is 1. The Balaban J connectivity index is 1.59. The molecule has 13 heteroatoms. The summed E-state index contributed by atoms with van der Waals surface area (Å²) in [6.07, 6.45) is 5.41. The third kappa shape index (κ3) is 4.00. The van der Waals surface area contributed by atoms with Crippen LogP contribution in [0, 0.1) is 11.3 Å². The van der Waals surface area contributed by atoms with Crippen LogP contribution in [0.25, 0.3) is 11.5 Å².